The Morgan fingerprint density at radius 3 is 2.22 bits per heavy atom. The van der Waals surface area contributed by atoms with Crippen LogP contribution in [0.3, 0.4) is 0 Å². The Morgan fingerprint density at radius 2 is 1.72 bits per heavy atom. The fourth-order valence-corrected chi connectivity index (χ4v) is 1.45. The van der Waals surface area contributed by atoms with E-state index >= 15 is 0 Å². The van der Waals surface area contributed by atoms with Crippen molar-refractivity contribution in [1.29, 1.82) is 0 Å². The van der Waals surface area contributed by atoms with Gasteiger partial charge in [0.05, 0.1) is 28.8 Å². The van der Waals surface area contributed by atoms with E-state index in [0.29, 0.717) is 6.54 Å². The van der Waals surface area contributed by atoms with Gasteiger partial charge in [-0.3, -0.25) is 10.1 Å². The Bertz CT molecular complexity index is 590. The van der Waals surface area contributed by atoms with E-state index in [1.165, 1.54) is 29.1 Å². The van der Waals surface area contributed by atoms with Crippen molar-refractivity contribution in [2.75, 3.05) is 0 Å². The van der Waals surface area contributed by atoms with Gasteiger partial charge in [-0.15, -0.1) is 0 Å². The first-order valence-electron chi connectivity index (χ1n) is 4.97. The van der Waals surface area contributed by atoms with Gasteiger partial charge in [0, 0.05) is 12.1 Å². The van der Waals surface area contributed by atoms with Crippen LogP contribution >= 0.6 is 0 Å². The van der Waals surface area contributed by atoms with Gasteiger partial charge < -0.3 is 10.1 Å². The molecule has 0 saturated heterocycles. The molecule has 0 aliphatic rings. The maximum Gasteiger partial charge on any atom is 0.389 e. The molecule has 0 aliphatic heterocycles. The maximum atomic E-state index is 10.5. The van der Waals surface area contributed by atoms with Crippen LogP contribution in [-0.2, 0) is 6.54 Å². The molecule has 0 saturated carbocycles. The number of rotatable bonds is 4. The van der Waals surface area contributed by atoms with Crippen LogP contribution in [0.4, 0.5) is 11.5 Å². The summed E-state index contributed by atoms with van der Waals surface area (Å²) in [5.74, 6) is -0.225. The Balaban J connectivity index is 2.13. The standard InChI is InChI=1S/C10H8N4O4/c15-13(16)9-3-1-8(2-4-9)7-12-6-5-10(11-12)14(17)18/h1-6H,7H2. The lowest BCUT2D eigenvalue weighted by molar-refractivity contribution is -0.389. The van der Waals surface area contributed by atoms with Crippen LogP contribution < -0.4 is 0 Å². The lowest BCUT2D eigenvalue weighted by atomic mass is 10.2. The van der Waals surface area contributed by atoms with E-state index in [1.807, 2.05) is 0 Å². The molecule has 1 aromatic heterocycles. The van der Waals surface area contributed by atoms with E-state index in [4.69, 9.17) is 0 Å². The molecule has 1 aromatic carbocycles. The number of nitro groups is 2. The minimum Gasteiger partial charge on any atom is -0.358 e. The lowest BCUT2D eigenvalue weighted by Crippen LogP contribution is -2.01. The molecule has 2 aromatic rings. The van der Waals surface area contributed by atoms with Crippen LogP contribution in [-0.4, -0.2) is 19.6 Å². The van der Waals surface area contributed by atoms with Crippen LogP contribution in [0.15, 0.2) is 36.5 Å². The second kappa shape index (κ2) is 4.62. The normalized spacial score (nSPS) is 10.2. The molecule has 0 fully saturated rings. The average molecular weight is 248 g/mol. The summed E-state index contributed by atoms with van der Waals surface area (Å²) in [5, 5.41) is 24.6. The highest BCUT2D eigenvalue weighted by Gasteiger charge is 2.11. The van der Waals surface area contributed by atoms with Crippen LogP contribution in [0.5, 0.6) is 0 Å². The molecule has 0 amide bonds. The first kappa shape index (κ1) is 11.7. The van der Waals surface area contributed by atoms with Gasteiger partial charge in [0.25, 0.3) is 5.69 Å². The third-order valence-electron chi connectivity index (χ3n) is 2.31. The zero-order valence-corrected chi connectivity index (χ0v) is 9.09. The van der Waals surface area contributed by atoms with E-state index in [-0.39, 0.29) is 11.5 Å². The number of hydrogen-bond acceptors (Lipinski definition) is 5. The summed E-state index contributed by atoms with van der Waals surface area (Å²) in [6.07, 6.45) is 1.49. The molecule has 0 aliphatic carbocycles. The zero-order valence-electron chi connectivity index (χ0n) is 9.09. The minimum atomic E-state index is -0.577. The molecule has 0 N–H and O–H groups in total. The van der Waals surface area contributed by atoms with Gasteiger partial charge in [-0.1, -0.05) is 12.1 Å². The average Bonchev–Trinajstić information content (AvgIpc) is 2.78. The first-order valence-corrected chi connectivity index (χ1v) is 4.97. The molecule has 2 rings (SSSR count). The third-order valence-corrected chi connectivity index (χ3v) is 2.31. The summed E-state index contributed by atoms with van der Waals surface area (Å²) in [6, 6.07) is 7.24. The van der Waals surface area contributed by atoms with Crippen molar-refractivity contribution in [2.24, 2.45) is 0 Å². The highest BCUT2D eigenvalue weighted by Crippen LogP contribution is 2.13. The van der Waals surface area contributed by atoms with E-state index in [2.05, 4.69) is 5.10 Å². The van der Waals surface area contributed by atoms with Gasteiger partial charge in [-0.25, -0.2) is 0 Å². The van der Waals surface area contributed by atoms with Gasteiger partial charge in [0.15, 0.2) is 0 Å². The Labute approximate surface area is 101 Å². The van der Waals surface area contributed by atoms with Gasteiger partial charge in [0.1, 0.15) is 0 Å². The second-order valence-corrected chi connectivity index (χ2v) is 3.55. The third kappa shape index (κ3) is 2.48. The molecular formula is C10H8N4O4. The Morgan fingerprint density at radius 1 is 1.06 bits per heavy atom. The van der Waals surface area contributed by atoms with Crippen molar-refractivity contribution >= 4 is 11.5 Å². The predicted octanol–water partition coefficient (Wildman–Crippen LogP) is 1.75. The van der Waals surface area contributed by atoms with Crippen molar-refractivity contribution in [1.82, 2.24) is 9.78 Å². The molecule has 18 heavy (non-hydrogen) atoms. The molecule has 0 bridgehead atoms. The van der Waals surface area contributed by atoms with Crippen molar-refractivity contribution in [3.05, 3.63) is 62.3 Å². The molecule has 1 heterocycles. The van der Waals surface area contributed by atoms with Crippen LogP contribution in [0.25, 0.3) is 0 Å². The maximum absolute atomic E-state index is 10.5. The van der Waals surface area contributed by atoms with Gasteiger partial charge in [-0.05, 0) is 10.5 Å². The Hall–Kier alpha value is -2.77. The SMILES string of the molecule is O=[N+]([O-])c1ccc(Cn2ccc([N+](=O)[O-])n2)cc1. The predicted molar refractivity (Wildman–Crippen MR) is 61.1 cm³/mol. The van der Waals surface area contributed by atoms with Crippen LogP contribution in [0.1, 0.15) is 5.56 Å². The molecular weight excluding hydrogens is 240 g/mol. The number of nitro benzene ring substituents is 1. The monoisotopic (exact) mass is 248 g/mol. The molecule has 0 radical (unpaired) electrons. The highest BCUT2D eigenvalue weighted by molar-refractivity contribution is 5.33. The largest absolute Gasteiger partial charge is 0.389 e. The summed E-state index contributed by atoms with van der Waals surface area (Å²) >= 11 is 0. The van der Waals surface area contributed by atoms with Gasteiger partial charge in [-0.2, -0.15) is 4.68 Å². The van der Waals surface area contributed by atoms with Crippen molar-refractivity contribution in [3.8, 4) is 0 Å². The zero-order chi connectivity index (χ0) is 13.1. The van der Waals surface area contributed by atoms with Crippen molar-refractivity contribution < 1.29 is 9.85 Å². The van der Waals surface area contributed by atoms with E-state index < -0.39 is 9.85 Å². The molecule has 8 heteroatoms. The molecule has 0 atom stereocenters. The van der Waals surface area contributed by atoms with Gasteiger partial charge >= 0.3 is 5.82 Å². The first-order chi connectivity index (χ1) is 8.56. The second-order valence-electron chi connectivity index (χ2n) is 3.55. The summed E-state index contributed by atoms with van der Waals surface area (Å²) in [7, 11) is 0. The number of non-ortho nitro benzene ring substituents is 1. The quantitative estimate of drug-likeness (QED) is 0.605. The number of aromatic nitrogens is 2. The van der Waals surface area contributed by atoms with Crippen LogP contribution in [0.2, 0.25) is 0 Å². The molecule has 8 nitrogen and oxygen atoms in total. The van der Waals surface area contributed by atoms with E-state index in [9.17, 15) is 20.2 Å². The lowest BCUT2D eigenvalue weighted by Gasteiger charge is -1.97. The highest BCUT2D eigenvalue weighted by atomic mass is 16.6. The summed E-state index contributed by atoms with van der Waals surface area (Å²) in [6.45, 7) is 0.325. The molecule has 0 unspecified atom stereocenters. The van der Waals surface area contributed by atoms with Gasteiger partial charge in [0.2, 0.25) is 0 Å². The number of nitrogens with zero attached hydrogens (tertiary/aromatic N) is 4. The van der Waals surface area contributed by atoms with Crippen molar-refractivity contribution in [3.63, 3.8) is 0 Å². The summed E-state index contributed by atoms with van der Waals surface area (Å²) in [4.78, 5) is 19.8. The Kier molecular flexibility index (Phi) is 3.00. The summed E-state index contributed by atoms with van der Waals surface area (Å²) < 4.78 is 1.40. The van der Waals surface area contributed by atoms with Crippen LogP contribution in [0, 0.1) is 20.2 Å². The number of benzene rings is 1. The molecule has 0 spiro atoms. The fourth-order valence-electron chi connectivity index (χ4n) is 1.45. The molecule has 92 valence electrons. The topological polar surface area (TPSA) is 104 Å². The van der Waals surface area contributed by atoms with E-state index in [1.54, 1.807) is 12.1 Å². The van der Waals surface area contributed by atoms with E-state index in [0.717, 1.165) is 5.56 Å². The summed E-state index contributed by atoms with van der Waals surface area (Å²) in [5.41, 5.74) is 0.781. The van der Waals surface area contributed by atoms with Crippen molar-refractivity contribution in [2.45, 2.75) is 6.54 Å². The fraction of sp³-hybridized carbons (Fsp3) is 0.100. The minimum absolute atomic E-state index is 0.00481. The number of hydrogen-bond donors (Lipinski definition) is 0. The smallest absolute Gasteiger partial charge is 0.358 e.